The van der Waals surface area contributed by atoms with E-state index in [-0.39, 0.29) is 5.54 Å². The molecule has 1 heterocycles. The van der Waals surface area contributed by atoms with Gasteiger partial charge in [-0.2, -0.15) is 0 Å². The van der Waals surface area contributed by atoms with Gasteiger partial charge in [0.15, 0.2) is 5.16 Å². The maximum atomic E-state index is 5.45. The molecule has 0 aliphatic carbocycles. The number of imidazole rings is 1. The lowest BCUT2D eigenvalue weighted by molar-refractivity contribution is 0.409. The number of nitrogens with zero attached hydrogens (tertiary/aromatic N) is 1. The zero-order valence-electron chi connectivity index (χ0n) is 13.1. The molecule has 0 spiro atoms. The van der Waals surface area contributed by atoms with E-state index in [4.69, 9.17) is 4.74 Å². The average Bonchev–Trinajstić information content (AvgIpc) is 2.95. The summed E-state index contributed by atoms with van der Waals surface area (Å²) in [5.41, 5.74) is 2.57. The summed E-state index contributed by atoms with van der Waals surface area (Å²) in [5, 5.41) is 4.43. The normalized spacial score (nSPS) is 11.6. The first-order valence-electron chi connectivity index (χ1n) is 7.01. The average molecular weight is 305 g/mol. The van der Waals surface area contributed by atoms with Gasteiger partial charge in [-0.3, -0.25) is 0 Å². The summed E-state index contributed by atoms with van der Waals surface area (Å²) >= 11 is 1.67. The van der Waals surface area contributed by atoms with Gasteiger partial charge in [-0.15, -0.1) is 0 Å². The van der Waals surface area contributed by atoms with Gasteiger partial charge in [0.1, 0.15) is 5.75 Å². The Morgan fingerprint density at radius 1 is 1.33 bits per heavy atom. The molecule has 0 saturated heterocycles. The fraction of sp³-hybridized carbons (Fsp3) is 0.438. The third-order valence-corrected chi connectivity index (χ3v) is 3.96. The minimum atomic E-state index is 0.114. The van der Waals surface area contributed by atoms with E-state index in [1.54, 1.807) is 25.1 Å². The Hall–Kier alpha value is -1.46. The van der Waals surface area contributed by atoms with Crippen molar-refractivity contribution in [3.63, 3.8) is 0 Å². The van der Waals surface area contributed by atoms with Crippen LogP contribution in [0.1, 0.15) is 31.9 Å². The Kier molecular flexibility index (Phi) is 5.31. The fourth-order valence-corrected chi connectivity index (χ4v) is 2.70. The highest BCUT2D eigenvalue weighted by Gasteiger charge is 2.10. The van der Waals surface area contributed by atoms with Crippen LogP contribution in [0.15, 0.2) is 35.7 Å². The van der Waals surface area contributed by atoms with Crippen LogP contribution in [0.2, 0.25) is 0 Å². The van der Waals surface area contributed by atoms with Crippen LogP contribution in [-0.4, -0.2) is 22.6 Å². The molecule has 0 aliphatic rings. The van der Waals surface area contributed by atoms with Crippen molar-refractivity contribution in [2.24, 2.45) is 0 Å². The summed E-state index contributed by atoms with van der Waals surface area (Å²) in [6, 6.07) is 6.35. The molecule has 2 aromatic rings. The number of thioether (sulfide) groups is 1. The van der Waals surface area contributed by atoms with Crippen molar-refractivity contribution < 1.29 is 4.74 Å². The zero-order chi connectivity index (χ0) is 15.3. The molecule has 0 aliphatic heterocycles. The molecule has 0 amide bonds. The van der Waals surface area contributed by atoms with Crippen LogP contribution < -0.4 is 10.1 Å². The molecular formula is C16H23N3OS. The third kappa shape index (κ3) is 5.10. The first-order valence-corrected chi connectivity index (χ1v) is 7.99. The van der Waals surface area contributed by atoms with Crippen molar-refractivity contribution >= 4 is 11.8 Å². The maximum absolute atomic E-state index is 5.45. The lowest BCUT2D eigenvalue weighted by atomic mass is 10.1. The van der Waals surface area contributed by atoms with Gasteiger partial charge < -0.3 is 15.0 Å². The molecule has 1 aromatic heterocycles. The second kappa shape index (κ2) is 7.00. The quantitative estimate of drug-likeness (QED) is 0.801. The van der Waals surface area contributed by atoms with Gasteiger partial charge in [-0.1, -0.05) is 17.8 Å². The van der Waals surface area contributed by atoms with E-state index in [9.17, 15) is 0 Å². The van der Waals surface area contributed by atoms with Crippen LogP contribution in [0.25, 0.3) is 0 Å². The van der Waals surface area contributed by atoms with Crippen molar-refractivity contribution in [2.45, 2.75) is 43.8 Å². The highest BCUT2D eigenvalue weighted by Crippen LogP contribution is 2.27. The number of hydrogen-bond donors (Lipinski definition) is 2. The summed E-state index contributed by atoms with van der Waals surface area (Å²) in [6.45, 7) is 7.37. The van der Waals surface area contributed by atoms with E-state index < -0.39 is 0 Å². The molecule has 0 fully saturated rings. The van der Waals surface area contributed by atoms with E-state index in [2.05, 4.69) is 48.2 Å². The highest BCUT2D eigenvalue weighted by atomic mass is 32.2. The molecular weight excluding hydrogens is 282 g/mol. The number of H-pyrrole nitrogens is 1. The minimum absolute atomic E-state index is 0.114. The van der Waals surface area contributed by atoms with Crippen molar-refractivity contribution in [1.29, 1.82) is 0 Å². The Morgan fingerprint density at radius 3 is 2.76 bits per heavy atom. The number of hydrogen-bond acceptors (Lipinski definition) is 4. The van der Waals surface area contributed by atoms with Gasteiger partial charge in [0.05, 0.1) is 7.11 Å². The van der Waals surface area contributed by atoms with E-state index >= 15 is 0 Å². The van der Waals surface area contributed by atoms with Gasteiger partial charge in [0, 0.05) is 35.8 Å². The number of aromatic nitrogens is 2. The van der Waals surface area contributed by atoms with Crippen molar-refractivity contribution in [3.05, 3.63) is 41.7 Å². The highest BCUT2D eigenvalue weighted by molar-refractivity contribution is 7.98. The van der Waals surface area contributed by atoms with E-state index in [1.165, 1.54) is 11.1 Å². The number of benzene rings is 1. The summed E-state index contributed by atoms with van der Waals surface area (Å²) in [6.07, 6.45) is 3.60. The van der Waals surface area contributed by atoms with Gasteiger partial charge >= 0.3 is 0 Å². The molecule has 0 unspecified atom stereocenters. The van der Waals surface area contributed by atoms with E-state index in [1.807, 2.05) is 12.3 Å². The first-order chi connectivity index (χ1) is 9.98. The molecule has 1 aromatic carbocycles. The van der Waals surface area contributed by atoms with Crippen LogP contribution in [-0.2, 0) is 12.3 Å². The molecule has 0 radical (unpaired) electrons. The molecule has 114 valence electrons. The standard InChI is InChI=1S/C16H23N3OS/c1-16(2,3)19-10-12-5-6-14(20-4)13(9-12)11-21-15-17-7-8-18-15/h5-9,19H,10-11H2,1-4H3,(H,17,18). The monoisotopic (exact) mass is 305 g/mol. The predicted octanol–water partition coefficient (Wildman–Crippen LogP) is 3.60. The van der Waals surface area contributed by atoms with E-state index in [0.29, 0.717) is 0 Å². The lowest BCUT2D eigenvalue weighted by Gasteiger charge is -2.21. The van der Waals surface area contributed by atoms with Gasteiger partial charge in [0.25, 0.3) is 0 Å². The largest absolute Gasteiger partial charge is 0.496 e. The molecule has 4 nitrogen and oxygen atoms in total. The Labute approximate surface area is 130 Å². The molecule has 21 heavy (non-hydrogen) atoms. The van der Waals surface area contributed by atoms with Gasteiger partial charge in [0.2, 0.25) is 0 Å². The van der Waals surface area contributed by atoms with Crippen LogP contribution in [0.5, 0.6) is 5.75 Å². The number of nitrogens with one attached hydrogen (secondary N) is 2. The second-order valence-corrected chi connectivity index (χ2v) is 6.90. The summed E-state index contributed by atoms with van der Waals surface area (Å²) in [7, 11) is 1.71. The molecule has 0 bridgehead atoms. The predicted molar refractivity (Wildman–Crippen MR) is 87.7 cm³/mol. The van der Waals surface area contributed by atoms with Crippen LogP contribution in [0, 0.1) is 0 Å². The van der Waals surface area contributed by atoms with Crippen molar-refractivity contribution in [3.8, 4) is 5.75 Å². The maximum Gasteiger partial charge on any atom is 0.165 e. The smallest absolute Gasteiger partial charge is 0.165 e. The topological polar surface area (TPSA) is 49.9 Å². The van der Waals surface area contributed by atoms with Crippen LogP contribution >= 0.6 is 11.8 Å². The summed E-state index contributed by atoms with van der Waals surface area (Å²) in [4.78, 5) is 7.34. The lowest BCUT2D eigenvalue weighted by Crippen LogP contribution is -2.35. The summed E-state index contributed by atoms with van der Waals surface area (Å²) < 4.78 is 5.45. The van der Waals surface area contributed by atoms with Crippen molar-refractivity contribution in [2.75, 3.05) is 7.11 Å². The van der Waals surface area contributed by atoms with E-state index in [0.717, 1.165) is 23.2 Å². The fourth-order valence-electron chi connectivity index (χ4n) is 1.90. The third-order valence-electron chi connectivity index (χ3n) is 3.01. The molecule has 0 saturated carbocycles. The van der Waals surface area contributed by atoms with Gasteiger partial charge in [-0.05, 0) is 38.5 Å². The number of ether oxygens (including phenoxy) is 1. The minimum Gasteiger partial charge on any atom is -0.496 e. The molecule has 5 heteroatoms. The molecule has 2 N–H and O–H groups in total. The zero-order valence-corrected chi connectivity index (χ0v) is 13.9. The van der Waals surface area contributed by atoms with Crippen LogP contribution in [0.4, 0.5) is 0 Å². The second-order valence-electron chi connectivity index (χ2n) is 5.93. The number of rotatable bonds is 6. The summed E-state index contributed by atoms with van der Waals surface area (Å²) in [5.74, 6) is 1.76. The number of aromatic amines is 1. The Morgan fingerprint density at radius 2 is 2.14 bits per heavy atom. The molecule has 0 atom stereocenters. The van der Waals surface area contributed by atoms with Crippen LogP contribution in [0.3, 0.4) is 0 Å². The Balaban J connectivity index is 2.06. The van der Waals surface area contributed by atoms with Gasteiger partial charge in [-0.25, -0.2) is 4.98 Å². The SMILES string of the molecule is COc1ccc(CNC(C)(C)C)cc1CSc1ncc[nH]1. The van der Waals surface area contributed by atoms with Crippen molar-refractivity contribution in [1.82, 2.24) is 15.3 Å². The first kappa shape index (κ1) is 15.9. The number of methoxy groups -OCH3 is 1. The molecule has 2 rings (SSSR count). The Bertz CT molecular complexity index is 561.